The topological polar surface area (TPSA) is 78.5 Å². The third-order valence-corrected chi connectivity index (χ3v) is 4.21. The second-order valence-corrected chi connectivity index (χ2v) is 6.04. The monoisotopic (exact) mass is 330 g/mol. The lowest BCUT2D eigenvalue weighted by Gasteiger charge is -2.28. The molecule has 24 heavy (non-hydrogen) atoms. The van der Waals surface area contributed by atoms with Crippen LogP contribution in [0.4, 0.5) is 5.69 Å². The van der Waals surface area contributed by atoms with Crippen LogP contribution in [0, 0.1) is 11.8 Å². The molecule has 2 rings (SSSR count). The quantitative estimate of drug-likeness (QED) is 0.587. The number of hydrogen-bond acceptors (Lipinski definition) is 4. The van der Waals surface area contributed by atoms with Crippen molar-refractivity contribution in [3.63, 3.8) is 0 Å². The van der Waals surface area contributed by atoms with Crippen molar-refractivity contribution in [3.05, 3.63) is 36.4 Å². The van der Waals surface area contributed by atoms with Crippen molar-refractivity contribution in [2.45, 2.75) is 39.0 Å². The fraction of sp³-hybridized carbons (Fsp3) is 0.474. The van der Waals surface area contributed by atoms with E-state index in [4.69, 9.17) is 4.74 Å². The van der Waals surface area contributed by atoms with Gasteiger partial charge in [-0.25, -0.2) is 0 Å². The van der Waals surface area contributed by atoms with Gasteiger partial charge >= 0.3 is 0 Å². The summed E-state index contributed by atoms with van der Waals surface area (Å²) in [6.07, 6.45) is 7.70. The van der Waals surface area contributed by atoms with Gasteiger partial charge in [0.25, 0.3) is 0 Å². The number of aliphatic carboxylic acids is 1. The Morgan fingerprint density at radius 1 is 1.12 bits per heavy atom. The molecular formula is C19H24NO4-. The van der Waals surface area contributed by atoms with E-state index < -0.39 is 17.8 Å². The van der Waals surface area contributed by atoms with E-state index in [1.807, 2.05) is 6.08 Å². The van der Waals surface area contributed by atoms with Crippen molar-refractivity contribution in [3.8, 4) is 5.75 Å². The highest BCUT2D eigenvalue weighted by molar-refractivity contribution is 5.95. The number of amides is 1. The minimum atomic E-state index is -1.17. The molecular weight excluding hydrogens is 306 g/mol. The molecule has 1 aromatic rings. The molecule has 0 heterocycles. The molecule has 5 heteroatoms. The van der Waals surface area contributed by atoms with Crippen LogP contribution in [-0.2, 0) is 9.59 Å². The average Bonchev–Trinajstić information content (AvgIpc) is 2.60. The Balaban J connectivity index is 1.89. The van der Waals surface area contributed by atoms with Gasteiger partial charge in [-0.15, -0.1) is 0 Å². The Bertz CT molecular complexity index is 580. The summed E-state index contributed by atoms with van der Waals surface area (Å²) < 4.78 is 5.63. The summed E-state index contributed by atoms with van der Waals surface area (Å²) in [5.74, 6) is -2.06. The zero-order valence-corrected chi connectivity index (χ0v) is 14.0. The van der Waals surface area contributed by atoms with Gasteiger partial charge in [-0.2, -0.15) is 0 Å². The number of nitrogens with one attached hydrogen (secondary N) is 1. The molecule has 5 nitrogen and oxygen atoms in total. The Labute approximate surface area is 142 Å². The molecule has 0 radical (unpaired) electrons. The van der Waals surface area contributed by atoms with E-state index in [9.17, 15) is 14.7 Å². The maximum absolute atomic E-state index is 12.3. The van der Waals surface area contributed by atoms with E-state index in [2.05, 4.69) is 12.2 Å². The Hall–Kier alpha value is -2.30. The summed E-state index contributed by atoms with van der Waals surface area (Å²) in [6.45, 7) is 2.83. The molecule has 1 aromatic carbocycles. The van der Waals surface area contributed by atoms with E-state index in [0.29, 0.717) is 25.1 Å². The number of allylic oxidation sites excluding steroid dienone is 2. The van der Waals surface area contributed by atoms with Crippen molar-refractivity contribution in [1.82, 2.24) is 0 Å². The van der Waals surface area contributed by atoms with Gasteiger partial charge in [0.05, 0.1) is 12.5 Å². The number of ether oxygens (including phenoxy) is 1. The third kappa shape index (κ3) is 5.11. The number of hydrogen-bond donors (Lipinski definition) is 1. The molecule has 1 amide bonds. The molecule has 2 atom stereocenters. The number of carbonyl (C=O) groups excluding carboxylic acids is 2. The number of carboxylic acids is 1. The van der Waals surface area contributed by atoms with Crippen LogP contribution in [0.2, 0.25) is 0 Å². The number of unbranched alkanes of at least 4 members (excludes halogenated alkanes) is 2. The van der Waals surface area contributed by atoms with E-state index in [0.717, 1.165) is 25.0 Å². The molecule has 0 aliphatic heterocycles. The maximum atomic E-state index is 12.3. The summed E-state index contributed by atoms with van der Waals surface area (Å²) in [5.41, 5.74) is 0.632. The second kappa shape index (κ2) is 9.11. The van der Waals surface area contributed by atoms with Crippen molar-refractivity contribution >= 4 is 17.6 Å². The summed E-state index contributed by atoms with van der Waals surface area (Å²) >= 11 is 0. The molecule has 0 aromatic heterocycles. The summed E-state index contributed by atoms with van der Waals surface area (Å²) in [7, 11) is 0. The van der Waals surface area contributed by atoms with Gasteiger partial charge in [-0.1, -0.05) is 31.9 Å². The molecule has 0 saturated carbocycles. The Morgan fingerprint density at radius 2 is 1.79 bits per heavy atom. The highest BCUT2D eigenvalue weighted by atomic mass is 16.5. The molecule has 0 spiro atoms. The summed E-state index contributed by atoms with van der Waals surface area (Å²) in [4.78, 5) is 23.5. The molecule has 0 saturated heterocycles. The van der Waals surface area contributed by atoms with Crippen LogP contribution < -0.4 is 15.2 Å². The number of carbonyl (C=O) groups is 2. The van der Waals surface area contributed by atoms with E-state index in [1.54, 1.807) is 30.3 Å². The van der Waals surface area contributed by atoms with Gasteiger partial charge in [0.15, 0.2) is 0 Å². The van der Waals surface area contributed by atoms with Gasteiger partial charge < -0.3 is 20.0 Å². The van der Waals surface area contributed by atoms with Crippen LogP contribution in [0.1, 0.15) is 39.0 Å². The first kappa shape index (κ1) is 18.0. The second-order valence-electron chi connectivity index (χ2n) is 6.04. The van der Waals surface area contributed by atoms with Crippen LogP contribution in [0.5, 0.6) is 5.75 Å². The Kier molecular flexibility index (Phi) is 6.85. The minimum absolute atomic E-state index is 0.287. The number of benzene rings is 1. The molecule has 0 unspecified atom stereocenters. The predicted octanol–water partition coefficient (Wildman–Crippen LogP) is 2.53. The summed E-state index contributed by atoms with van der Waals surface area (Å²) in [6, 6.07) is 7.14. The standard InChI is InChI=1S/C19H25NO4/c1-2-3-6-13-24-15-11-9-14(10-12-15)20-18(21)16-7-4-5-8-17(16)19(22)23/h4-5,9-12,16-17H,2-3,6-8,13H2,1H3,(H,20,21)(H,22,23)/p-1/t16-,17+/m1/s1. The zero-order chi connectivity index (χ0) is 17.4. The fourth-order valence-corrected chi connectivity index (χ4v) is 2.78. The van der Waals surface area contributed by atoms with Gasteiger partial charge in [-0.3, -0.25) is 4.79 Å². The van der Waals surface area contributed by atoms with Gasteiger partial charge in [0, 0.05) is 17.6 Å². The summed E-state index contributed by atoms with van der Waals surface area (Å²) in [5, 5.41) is 14.0. The zero-order valence-electron chi connectivity index (χ0n) is 14.0. The minimum Gasteiger partial charge on any atom is -0.550 e. The molecule has 1 N–H and O–H groups in total. The number of anilines is 1. The highest BCUT2D eigenvalue weighted by Gasteiger charge is 2.29. The highest BCUT2D eigenvalue weighted by Crippen LogP contribution is 2.27. The van der Waals surface area contributed by atoms with Gasteiger partial charge in [0.1, 0.15) is 5.75 Å². The van der Waals surface area contributed by atoms with Crippen molar-refractivity contribution in [2.24, 2.45) is 11.8 Å². The SMILES string of the molecule is CCCCCOc1ccc(NC(=O)[C@@H]2CC=CC[C@@H]2C(=O)[O-])cc1. The third-order valence-electron chi connectivity index (χ3n) is 4.21. The molecule has 130 valence electrons. The lowest BCUT2D eigenvalue weighted by Crippen LogP contribution is -2.41. The normalized spacial score (nSPS) is 19.7. The first-order valence-electron chi connectivity index (χ1n) is 8.51. The Morgan fingerprint density at radius 3 is 2.42 bits per heavy atom. The van der Waals surface area contributed by atoms with E-state index >= 15 is 0 Å². The molecule has 1 aliphatic rings. The van der Waals surface area contributed by atoms with Crippen LogP contribution in [0.15, 0.2) is 36.4 Å². The fourth-order valence-electron chi connectivity index (χ4n) is 2.78. The van der Waals surface area contributed by atoms with Crippen LogP contribution in [0.25, 0.3) is 0 Å². The maximum Gasteiger partial charge on any atom is 0.228 e. The van der Waals surface area contributed by atoms with Crippen molar-refractivity contribution in [1.29, 1.82) is 0 Å². The van der Waals surface area contributed by atoms with Crippen molar-refractivity contribution < 1.29 is 19.4 Å². The van der Waals surface area contributed by atoms with Crippen LogP contribution in [0.3, 0.4) is 0 Å². The lowest BCUT2D eigenvalue weighted by atomic mass is 9.82. The smallest absolute Gasteiger partial charge is 0.228 e. The van der Waals surface area contributed by atoms with Crippen molar-refractivity contribution in [2.75, 3.05) is 11.9 Å². The molecule has 0 fully saturated rings. The molecule has 1 aliphatic carbocycles. The number of rotatable bonds is 8. The average molecular weight is 330 g/mol. The van der Waals surface area contributed by atoms with Gasteiger partial charge in [-0.05, 0) is 43.5 Å². The van der Waals surface area contributed by atoms with Crippen LogP contribution >= 0.6 is 0 Å². The lowest BCUT2D eigenvalue weighted by molar-refractivity contribution is -0.313. The first-order chi connectivity index (χ1) is 11.6. The van der Waals surface area contributed by atoms with Gasteiger partial charge in [0.2, 0.25) is 5.91 Å². The number of carboxylic acid groups (broad SMARTS) is 1. The predicted molar refractivity (Wildman–Crippen MR) is 90.5 cm³/mol. The van der Waals surface area contributed by atoms with E-state index in [-0.39, 0.29) is 5.91 Å². The van der Waals surface area contributed by atoms with E-state index in [1.165, 1.54) is 0 Å². The van der Waals surface area contributed by atoms with Crippen LogP contribution in [-0.4, -0.2) is 18.5 Å². The largest absolute Gasteiger partial charge is 0.550 e. The first-order valence-corrected chi connectivity index (χ1v) is 8.51. The molecule has 0 bridgehead atoms.